The van der Waals surface area contributed by atoms with E-state index in [1.54, 1.807) is 17.1 Å². The lowest BCUT2D eigenvalue weighted by molar-refractivity contribution is -0.139. The highest BCUT2D eigenvalue weighted by molar-refractivity contribution is 5.93. The van der Waals surface area contributed by atoms with Crippen molar-refractivity contribution in [1.29, 1.82) is 0 Å². The first-order valence-corrected chi connectivity index (χ1v) is 7.82. The Morgan fingerprint density at radius 1 is 1.45 bits per heavy atom. The number of rotatable bonds is 8. The van der Waals surface area contributed by atoms with Gasteiger partial charge in [-0.05, 0) is 25.8 Å². The van der Waals surface area contributed by atoms with Crippen molar-refractivity contribution in [3.8, 4) is 0 Å². The average molecular weight is 308 g/mol. The van der Waals surface area contributed by atoms with Crippen LogP contribution < -0.4 is 5.32 Å². The van der Waals surface area contributed by atoms with Crippen LogP contribution in [0.2, 0.25) is 0 Å². The topological polar surface area (TPSA) is 87.5 Å². The highest BCUT2D eigenvalue weighted by Gasteiger charge is 2.34. The van der Waals surface area contributed by atoms with Crippen LogP contribution in [0.3, 0.4) is 0 Å². The Morgan fingerprint density at radius 3 is 2.77 bits per heavy atom. The van der Waals surface area contributed by atoms with Gasteiger partial charge in [-0.2, -0.15) is 5.10 Å². The van der Waals surface area contributed by atoms with E-state index >= 15 is 0 Å². The van der Waals surface area contributed by atoms with Crippen molar-refractivity contribution in [3.05, 3.63) is 18.0 Å². The summed E-state index contributed by atoms with van der Waals surface area (Å²) in [7, 11) is 0. The number of carboxylic acids is 1. The fourth-order valence-corrected chi connectivity index (χ4v) is 2.78. The van der Waals surface area contributed by atoms with Gasteiger partial charge in [0.2, 0.25) is 0 Å². The number of hydrogen-bond donors (Lipinski definition) is 2. The van der Waals surface area contributed by atoms with E-state index in [0.29, 0.717) is 12.1 Å². The molecule has 2 N–H and O–H groups in total. The van der Waals surface area contributed by atoms with Crippen LogP contribution in [0.15, 0.2) is 12.4 Å². The summed E-state index contributed by atoms with van der Waals surface area (Å²) in [5, 5.41) is 16.0. The normalized spacial score (nSPS) is 20.7. The lowest BCUT2D eigenvalue weighted by Gasteiger charge is -2.42. The Kier molecular flexibility index (Phi) is 5.54. The second-order valence-corrected chi connectivity index (χ2v) is 5.74. The zero-order chi connectivity index (χ0) is 16.1. The number of carboxylic acid groups (broad SMARTS) is 1. The molecular weight excluding hydrogens is 284 g/mol. The second-order valence-electron chi connectivity index (χ2n) is 5.74. The molecule has 1 aliphatic rings. The van der Waals surface area contributed by atoms with Gasteiger partial charge in [-0.3, -0.25) is 19.2 Å². The Bertz CT molecular complexity index is 523. The standard InChI is InChI=1S/C15H24N4O3/c1-3-5-19-9-11(8-16-19)15(22)17-12-6-13(7-12)18(4-2)10-14(20)21/h8-9,12-13H,3-7,10H2,1-2H3,(H,17,22)(H,20,21). The summed E-state index contributed by atoms with van der Waals surface area (Å²) in [4.78, 5) is 24.8. The first-order chi connectivity index (χ1) is 10.5. The van der Waals surface area contributed by atoms with Crippen molar-refractivity contribution in [2.24, 2.45) is 0 Å². The monoisotopic (exact) mass is 308 g/mol. The predicted octanol–water partition coefficient (Wildman–Crippen LogP) is 0.960. The van der Waals surface area contributed by atoms with E-state index in [-0.39, 0.29) is 24.5 Å². The van der Waals surface area contributed by atoms with E-state index in [1.165, 1.54) is 0 Å². The van der Waals surface area contributed by atoms with Crippen LogP contribution in [0.4, 0.5) is 0 Å². The average Bonchev–Trinajstić information content (AvgIpc) is 2.89. The van der Waals surface area contributed by atoms with E-state index in [9.17, 15) is 9.59 Å². The molecule has 122 valence electrons. The number of nitrogens with one attached hydrogen (secondary N) is 1. The van der Waals surface area contributed by atoms with Gasteiger partial charge in [-0.25, -0.2) is 0 Å². The molecule has 0 saturated heterocycles. The molecule has 1 heterocycles. The number of amides is 1. The molecule has 22 heavy (non-hydrogen) atoms. The zero-order valence-corrected chi connectivity index (χ0v) is 13.2. The van der Waals surface area contributed by atoms with Crippen LogP contribution in [0.1, 0.15) is 43.5 Å². The number of nitrogens with zero attached hydrogens (tertiary/aromatic N) is 3. The van der Waals surface area contributed by atoms with Gasteiger partial charge >= 0.3 is 5.97 Å². The van der Waals surface area contributed by atoms with Crippen molar-refractivity contribution in [3.63, 3.8) is 0 Å². The number of aliphatic carboxylic acids is 1. The number of carbonyl (C=O) groups excluding carboxylic acids is 1. The summed E-state index contributed by atoms with van der Waals surface area (Å²) < 4.78 is 1.77. The number of aromatic nitrogens is 2. The first-order valence-electron chi connectivity index (χ1n) is 7.82. The first kappa shape index (κ1) is 16.5. The smallest absolute Gasteiger partial charge is 0.317 e. The summed E-state index contributed by atoms with van der Waals surface area (Å²) in [6.45, 7) is 5.59. The number of carbonyl (C=O) groups is 2. The predicted molar refractivity (Wildman–Crippen MR) is 81.7 cm³/mol. The van der Waals surface area contributed by atoms with Crippen molar-refractivity contribution in [2.45, 2.75) is 51.7 Å². The molecule has 0 aliphatic heterocycles. The minimum absolute atomic E-state index is 0.0611. The molecule has 7 nitrogen and oxygen atoms in total. The van der Waals surface area contributed by atoms with Crippen molar-refractivity contribution in [2.75, 3.05) is 13.1 Å². The van der Waals surface area contributed by atoms with Gasteiger partial charge in [0.25, 0.3) is 5.91 Å². The molecule has 1 aromatic heterocycles. The summed E-state index contributed by atoms with van der Waals surface area (Å²) in [5.74, 6) is -0.912. The lowest BCUT2D eigenvalue weighted by Crippen LogP contribution is -2.54. The maximum absolute atomic E-state index is 12.1. The summed E-state index contributed by atoms with van der Waals surface area (Å²) >= 11 is 0. The molecule has 1 amide bonds. The fourth-order valence-electron chi connectivity index (χ4n) is 2.78. The minimum Gasteiger partial charge on any atom is -0.480 e. The molecular formula is C15H24N4O3. The molecule has 0 bridgehead atoms. The Hall–Kier alpha value is -1.89. The van der Waals surface area contributed by atoms with Crippen LogP contribution in [-0.2, 0) is 11.3 Å². The van der Waals surface area contributed by atoms with Gasteiger partial charge in [0.15, 0.2) is 0 Å². The number of likely N-dealkylation sites (N-methyl/N-ethyl adjacent to an activating group) is 1. The lowest BCUT2D eigenvalue weighted by atomic mass is 9.85. The van der Waals surface area contributed by atoms with Crippen molar-refractivity contribution in [1.82, 2.24) is 20.0 Å². The quantitative estimate of drug-likeness (QED) is 0.747. The van der Waals surface area contributed by atoms with Gasteiger partial charge in [-0.1, -0.05) is 13.8 Å². The summed E-state index contributed by atoms with van der Waals surface area (Å²) in [6, 6.07) is 0.365. The Balaban J connectivity index is 1.78. The largest absolute Gasteiger partial charge is 0.480 e. The molecule has 0 atom stereocenters. The zero-order valence-electron chi connectivity index (χ0n) is 13.2. The van der Waals surface area contributed by atoms with Crippen LogP contribution in [-0.4, -0.2) is 56.8 Å². The van der Waals surface area contributed by atoms with Gasteiger partial charge in [-0.15, -0.1) is 0 Å². The van der Waals surface area contributed by atoms with Gasteiger partial charge in [0.05, 0.1) is 18.3 Å². The van der Waals surface area contributed by atoms with E-state index in [2.05, 4.69) is 17.3 Å². The minimum atomic E-state index is -0.808. The highest BCUT2D eigenvalue weighted by Crippen LogP contribution is 2.25. The number of aryl methyl sites for hydroxylation is 1. The van der Waals surface area contributed by atoms with Crippen LogP contribution in [0.25, 0.3) is 0 Å². The van der Waals surface area contributed by atoms with Gasteiger partial charge in [0, 0.05) is 24.8 Å². The fraction of sp³-hybridized carbons (Fsp3) is 0.667. The molecule has 0 spiro atoms. The van der Waals surface area contributed by atoms with Gasteiger partial charge < -0.3 is 10.4 Å². The Morgan fingerprint density at radius 2 is 2.18 bits per heavy atom. The summed E-state index contributed by atoms with van der Waals surface area (Å²) in [5.41, 5.74) is 0.579. The second kappa shape index (κ2) is 7.40. The van der Waals surface area contributed by atoms with Crippen LogP contribution >= 0.6 is 0 Å². The SMILES string of the molecule is CCCn1cc(C(=O)NC2CC(N(CC)CC(=O)O)C2)cn1. The molecule has 1 saturated carbocycles. The van der Waals surface area contributed by atoms with Crippen molar-refractivity contribution >= 4 is 11.9 Å². The third kappa shape index (κ3) is 4.07. The van der Waals surface area contributed by atoms with E-state index < -0.39 is 5.97 Å². The van der Waals surface area contributed by atoms with Gasteiger partial charge in [0.1, 0.15) is 0 Å². The highest BCUT2D eigenvalue weighted by atomic mass is 16.4. The molecule has 1 aromatic rings. The maximum atomic E-state index is 12.1. The van der Waals surface area contributed by atoms with E-state index in [4.69, 9.17) is 5.11 Å². The van der Waals surface area contributed by atoms with Crippen LogP contribution in [0, 0.1) is 0 Å². The van der Waals surface area contributed by atoms with Crippen molar-refractivity contribution < 1.29 is 14.7 Å². The maximum Gasteiger partial charge on any atom is 0.317 e. The molecule has 0 unspecified atom stereocenters. The number of hydrogen-bond acceptors (Lipinski definition) is 4. The third-order valence-electron chi connectivity index (χ3n) is 4.06. The molecule has 0 radical (unpaired) electrons. The van der Waals surface area contributed by atoms with Crippen LogP contribution in [0.5, 0.6) is 0 Å². The molecule has 2 rings (SSSR count). The third-order valence-corrected chi connectivity index (χ3v) is 4.06. The molecule has 7 heteroatoms. The molecule has 1 aliphatic carbocycles. The summed E-state index contributed by atoms with van der Waals surface area (Å²) in [6.07, 6.45) is 5.93. The molecule has 0 aromatic carbocycles. The molecule has 1 fully saturated rings. The van der Waals surface area contributed by atoms with E-state index in [0.717, 1.165) is 25.8 Å². The Labute approximate surface area is 130 Å². The van der Waals surface area contributed by atoms with E-state index in [1.807, 2.05) is 11.8 Å².